The van der Waals surface area contributed by atoms with Crippen molar-refractivity contribution in [3.63, 3.8) is 0 Å². The Labute approximate surface area is 186 Å². The fraction of sp³-hybridized carbons (Fsp3) is 0.591. The van der Waals surface area contributed by atoms with Crippen molar-refractivity contribution in [1.82, 2.24) is 14.5 Å². The van der Waals surface area contributed by atoms with Crippen LogP contribution < -0.4 is 10.2 Å². The summed E-state index contributed by atoms with van der Waals surface area (Å²) in [5, 5.41) is 3.43. The molecule has 0 aliphatic carbocycles. The maximum atomic E-state index is 12.5. The lowest BCUT2D eigenvalue weighted by molar-refractivity contribution is 0.0904. The number of benzene rings is 1. The predicted octanol–water partition coefficient (Wildman–Crippen LogP) is 1.51. The van der Waals surface area contributed by atoms with Crippen molar-refractivity contribution in [2.24, 2.45) is 4.99 Å². The minimum Gasteiger partial charge on any atom is -0.378 e. The van der Waals surface area contributed by atoms with Crippen LogP contribution in [0.25, 0.3) is 0 Å². The number of ether oxygens (including phenoxy) is 1. The zero-order chi connectivity index (χ0) is 22.3. The summed E-state index contributed by atoms with van der Waals surface area (Å²) in [7, 11) is -1.53. The maximum absolute atomic E-state index is 12.5. The Kier molecular flexibility index (Phi) is 8.34. The normalized spacial score (nSPS) is 18.3. The molecule has 1 saturated heterocycles. The molecule has 0 spiro atoms. The fourth-order valence-electron chi connectivity index (χ4n) is 3.76. The Morgan fingerprint density at radius 3 is 2.52 bits per heavy atom. The third-order valence-electron chi connectivity index (χ3n) is 5.48. The highest BCUT2D eigenvalue weighted by molar-refractivity contribution is 7.89. The highest BCUT2D eigenvalue weighted by atomic mass is 32.2. The predicted molar refractivity (Wildman–Crippen MR) is 126 cm³/mol. The van der Waals surface area contributed by atoms with Crippen LogP contribution >= 0.6 is 0 Å². The van der Waals surface area contributed by atoms with E-state index in [1.54, 1.807) is 11.4 Å². The summed E-state index contributed by atoms with van der Waals surface area (Å²) in [6, 6.07) is 8.53. The smallest absolute Gasteiger partial charge is 0.216 e. The maximum Gasteiger partial charge on any atom is 0.216 e. The van der Waals surface area contributed by atoms with Crippen molar-refractivity contribution >= 4 is 21.7 Å². The van der Waals surface area contributed by atoms with Gasteiger partial charge in [0.25, 0.3) is 0 Å². The molecule has 9 heteroatoms. The molecule has 1 N–H and O–H groups in total. The van der Waals surface area contributed by atoms with Gasteiger partial charge in [0.15, 0.2) is 5.96 Å². The Morgan fingerprint density at radius 2 is 1.87 bits per heavy atom. The molecule has 0 saturated carbocycles. The van der Waals surface area contributed by atoms with E-state index in [1.165, 1.54) is 11.3 Å². The monoisotopic (exact) mass is 449 g/mol. The molecule has 0 radical (unpaired) electrons. The van der Waals surface area contributed by atoms with Gasteiger partial charge in [-0.3, -0.25) is 4.99 Å². The van der Waals surface area contributed by atoms with Gasteiger partial charge >= 0.3 is 0 Å². The summed E-state index contributed by atoms with van der Waals surface area (Å²) >= 11 is 0. The molecule has 2 aliphatic rings. The van der Waals surface area contributed by atoms with Gasteiger partial charge in [0.1, 0.15) is 0 Å². The second-order valence-electron chi connectivity index (χ2n) is 8.07. The molecular weight excluding hydrogens is 414 g/mol. The number of guanidine groups is 1. The highest BCUT2D eigenvalue weighted by Gasteiger charge is 2.28. The largest absolute Gasteiger partial charge is 0.378 e. The van der Waals surface area contributed by atoms with Crippen LogP contribution in [-0.4, -0.2) is 88.4 Å². The molecule has 0 amide bonds. The molecule has 3 rings (SSSR count). The number of nitrogens with one attached hydrogen (secondary N) is 1. The van der Waals surface area contributed by atoms with E-state index in [9.17, 15) is 8.42 Å². The van der Waals surface area contributed by atoms with Gasteiger partial charge in [0, 0.05) is 58.5 Å². The summed E-state index contributed by atoms with van der Waals surface area (Å²) < 4.78 is 32.0. The molecule has 2 aliphatic heterocycles. The minimum absolute atomic E-state index is 0.0288. The van der Waals surface area contributed by atoms with E-state index in [2.05, 4.69) is 56.5 Å². The molecule has 31 heavy (non-hydrogen) atoms. The van der Waals surface area contributed by atoms with Crippen molar-refractivity contribution in [3.8, 4) is 0 Å². The number of piperazine rings is 1. The van der Waals surface area contributed by atoms with Crippen LogP contribution in [0.4, 0.5) is 5.69 Å². The van der Waals surface area contributed by atoms with Crippen molar-refractivity contribution in [1.29, 1.82) is 0 Å². The lowest BCUT2D eigenvalue weighted by Crippen LogP contribution is -2.54. The number of hydrogen-bond donors (Lipinski definition) is 1. The van der Waals surface area contributed by atoms with Gasteiger partial charge in [-0.2, -0.15) is 4.31 Å². The van der Waals surface area contributed by atoms with E-state index in [0.29, 0.717) is 32.7 Å². The average molecular weight is 450 g/mol. The van der Waals surface area contributed by atoms with Crippen LogP contribution in [0.3, 0.4) is 0 Å². The zero-order valence-electron chi connectivity index (χ0n) is 18.8. The molecule has 1 aromatic carbocycles. The standard InChI is InChI=1S/C22H35N5O3S/c1-19(2)30-15-16-31(28,29)27-13-11-26(12-14-27)22(23-3)24-18-20-7-6-8-21(17-20)25-9-4-5-10-25/h4-8,17,19H,9-16,18H2,1-3H3,(H,23,24). The molecule has 0 aromatic heterocycles. The van der Waals surface area contributed by atoms with Gasteiger partial charge in [-0.05, 0) is 31.5 Å². The van der Waals surface area contributed by atoms with Gasteiger partial charge in [-0.1, -0.05) is 24.3 Å². The summed E-state index contributed by atoms with van der Waals surface area (Å²) in [6.45, 7) is 8.78. The van der Waals surface area contributed by atoms with Crippen LogP contribution in [0.1, 0.15) is 19.4 Å². The first-order valence-electron chi connectivity index (χ1n) is 10.9. The Bertz CT molecular complexity index is 869. The fourth-order valence-corrected chi connectivity index (χ4v) is 5.05. The van der Waals surface area contributed by atoms with E-state index >= 15 is 0 Å². The molecule has 1 fully saturated rings. The molecule has 0 unspecified atom stereocenters. The SMILES string of the molecule is CN=C(NCc1cccc(N2CC=CC2)c1)N1CCN(S(=O)(=O)CCOC(C)C)CC1. The molecule has 1 aromatic rings. The van der Waals surface area contributed by atoms with Crippen LogP contribution in [0.5, 0.6) is 0 Å². The molecule has 8 nitrogen and oxygen atoms in total. The zero-order valence-corrected chi connectivity index (χ0v) is 19.6. The number of anilines is 1. The van der Waals surface area contributed by atoms with E-state index in [-0.39, 0.29) is 18.5 Å². The number of sulfonamides is 1. The van der Waals surface area contributed by atoms with E-state index < -0.39 is 10.0 Å². The number of rotatable bonds is 8. The van der Waals surface area contributed by atoms with Gasteiger partial charge in [-0.25, -0.2) is 8.42 Å². The van der Waals surface area contributed by atoms with E-state index in [1.807, 2.05) is 13.8 Å². The van der Waals surface area contributed by atoms with E-state index in [0.717, 1.165) is 19.0 Å². The first-order valence-corrected chi connectivity index (χ1v) is 12.5. The quantitative estimate of drug-likeness (QED) is 0.368. The van der Waals surface area contributed by atoms with Gasteiger partial charge in [0.2, 0.25) is 10.0 Å². The Hall–Kier alpha value is -2.10. The highest BCUT2D eigenvalue weighted by Crippen LogP contribution is 2.18. The second-order valence-corrected chi connectivity index (χ2v) is 10.2. The lowest BCUT2D eigenvalue weighted by atomic mass is 10.2. The first-order chi connectivity index (χ1) is 14.9. The minimum atomic E-state index is -3.29. The summed E-state index contributed by atoms with van der Waals surface area (Å²) in [5.74, 6) is 0.828. The Morgan fingerprint density at radius 1 is 1.16 bits per heavy atom. The van der Waals surface area contributed by atoms with Crippen molar-refractivity contribution in [3.05, 3.63) is 42.0 Å². The topological polar surface area (TPSA) is 77.5 Å². The molecule has 0 atom stereocenters. The van der Waals surface area contributed by atoms with Crippen LogP contribution in [0, 0.1) is 0 Å². The average Bonchev–Trinajstić information content (AvgIpc) is 3.29. The van der Waals surface area contributed by atoms with Crippen molar-refractivity contribution in [2.75, 3.05) is 63.6 Å². The number of aliphatic imine (C=N–C) groups is 1. The molecule has 2 heterocycles. The molecule has 172 valence electrons. The van der Waals surface area contributed by atoms with Gasteiger partial charge in [-0.15, -0.1) is 0 Å². The van der Waals surface area contributed by atoms with Crippen LogP contribution in [0.2, 0.25) is 0 Å². The molecular formula is C22H35N5O3S. The first kappa shape index (κ1) is 23.6. The Balaban J connectivity index is 1.49. The number of nitrogens with zero attached hydrogens (tertiary/aromatic N) is 4. The van der Waals surface area contributed by atoms with Gasteiger partial charge < -0.3 is 19.9 Å². The van der Waals surface area contributed by atoms with Crippen molar-refractivity contribution < 1.29 is 13.2 Å². The third kappa shape index (κ3) is 6.69. The molecule has 0 bridgehead atoms. The lowest BCUT2D eigenvalue weighted by Gasteiger charge is -2.35. The van der Waals surface area contributed by atoms with E-state index in [4.69, 9.17) is 4.74 Å². The van der Waals surface area contributed by atoms with Crippen molar-refractivity contribution in [2.45, 2.75) is 26.5 Å². The summed E-state index contributed by atoms with van der Waals surface area (Å²) in [6.07, 6.45) is 4.41. The summed E-state index contributed by atoms with van der Waals surface area (Å²) in [5.41, 5.74) is 2.41. The van der Waals surface area contributed by atoms with Crippen LogP contribution in [-0.2, 0) is 21.3 Å². The van der Waals surface area contributed by atoms with Crippen LogP contribution in [0.15, 0.2) is 41.4 Å². The summed E-state index contributed by atoms with van der Waals surface area (Å²) in [4.78, 5) is 8.85. The third-order valence-corrected chi connectivity index (χ3v) is 7.31. The number of hydrogen-bond acceptors (Lipinski definition) is 5. The van der Waals surface area contributed by atoms with Gasteiger partial charge in [0.05, 0.1) is 18.5 Å². The second kappa shape index (κ2) is 11.0.